The van der Waals surface area contributed by atoms with Gasteiger partial charge in [0.2, 0.25) is 10.0 Å². The predicted molar refractivity (Wildman–Crippen MR) is 107 cm³/mol. The van der Waals surface area contributed by atoms with Crippen molar-refractivity contribution in [3.05, 3.63) is 57.4 Å². The van der Waals surface area contributed by atoms with Crippen molar-refractivity contribution >= 4 is 32.7 Å². The standard InChI is InChI=1S/C19H20N2O2S3/c1-13-18(25-19(21-13)17-7-4-10-24-17)12-20-26(22,23)16-9-8-14-5-2-3-6-15(14)11-16/h4,7-11,20H,2-3,5-6,12H2,1H3. The molecule has 0 fully saturated rings. The van der Waals surface area contributed by atoms with Crippen LogP contribution >= 0.6 is 22.7 Å². The molecular formula is C19H20N2O2S3. The lowest BCUT2D eigenvalue weighted by Gasteiger charge is -2.16. The second kappa shape index (κ2) is 7.23. The number of thiophene rings is 1. The summed E-state index contributed by atoms with van der Waals surface area (Å²) < 4.78 is 28.2. The summed E-state index contributed by atoms with van der Waals surface area (Å²) in [4.78, 5) is 7.00. The van der Waals surface area contributed by atoms with Gasteiger partial charge in [0.25, 0.3) is 0 Å². The fourth-order valence-corrected chi connectivity index (χ4v) is 6.15. The van der Waals surface area contributed by atoms with E-state index in [-0.39, 0.29) is 6.54 Å². The molecule has 1 aromatic carbocycles. The largest absolute Gasteiger partial charge is 0.240 e. The molecule has 4 nitrogen and oxygen atoms in total. The topological polar surface area (TPSA) is 59.1 Å². The van der Waals surface area contributed by atoms with Crippen LogP contribution in [0.4, 0.5) is 0 Å². The van der Waals surface area contributed by atoms with Gasteiger partial charge in [0.15, 0.2) is 0 Å². The Hall–Kier alpha value is -1.54. The van der Waals surface area contributed by atoms with Crippen molar-refractivity contribution in [1.29, 1.82) is 0 Å². The Kier molecular flexibility index (Phi) is 4.96. The molecule has 0 radical (unpaired) electrons. The summed E-state index contributed by atoms with van der Waals surface area (Å²) in [6, 6.07) is 9.56. The van der Waals surface area contributed by atoms with E-state index in [2.05, 4.69) is 9.71 Å². The third-order valence-electron chi connectivity index (χ3n) is 4.68. The summed E-state index contributed by atoms with van der Waals surface area (Å²) in [5.41, 5.74) is 3.34. The fourth-order valence-electron chi connectivity index (χ4n) is 3.22. The Balaban J connectivity index is 1.52. The molecule has 0 saturated heterocycles. The van der Waals surface area contributed by atoms with Crippen molar-refractivity contribution in [2.75, 3.05) is 0 Å². The summed E-state index contributed by atoms with van der Waals surface area (Å²) in [6.45, 7) is 2.20. The first-order valence-electron chi connectivity index (χ1n) is 8.64. The van der Waals surface area contributed by atoms with E-state index in [9.17, 15) is 8.42 Å². The molecule has 2 aromatic heterocycles. The van der Waals surface area contributed by atoms with E-state index in [1.807, 2.05) is 36.6 Å². The molecular weight excluding hydrogens is 384 g/mol. The van der Waals surface area contributed by atoms with Crippen molar-refractivity contribution in [2.24, 2.45) is 0 Å². The maximum absolute atomic E-state index is 12.7. The number of benzene rings is 1. The lowest BCUT2D eigenvalue weighted by Crippen LogP contribution is -2.23. The maximum Gasteiger partial charge on any atom is 0.240 e. The van der Waals surface area contributed by atoms with E-state index in [1.165, 1.54) is 17.5 Å². The molecule has 1 aliphatic carbocycles. The third kappa shape index (κ3) is 3.62. The van der Waals surface area contributed by atoms with Crippen molar-refractivity contribution < 1.29 is 8.42 Å². The lowest BCUT2D eigenvalue weighted by atomic mass is 9.92. The predicted octanol–water partition coefficient (Wildman–Crippen LogP) is 4.54. The van der Waals surface area contributed by atoms with Gasteiger partial charge in [-0.25, -0.2) is 18.1 Å². The minimum atomic E-state index is -3.52. The first kappa shape index (κ1) is 17.9. The highest BCUT2D eigenvalue weighted by atomic mass is 32.2. The maximum atomic E-state index is 12.7. The molecule has 0 unspecified atom stereocenters. The van der Waals surface area contributed by atoms with Crippen LogP contribution in [0.2, 0.25) is 0 Å². The minimum absolute atomic E-state index is 0.272. The van der Waals surface area contributed by atoms with Crippen LogP contribution in [0.1, 0.15) is 34.5 Å². The molecule has 3 aromatic rings. The fraction of sp³-hybridized carbons (Fsp3) is 0.316. The van der Waals surface area contributed by atoms with Gasteiger partial charge in [0.1, 0.15) is 5.01 Å². The van der Waals surface area contributed by atoms with Crippen LogP contribution in [0.25, 0.3) is 9.88 Å². The van der Waals surface area contributed by atoms with Gasteiger partial charge >= 0.3 is 0 Å². The van der Waals surface area contributed by atoms with Crippen molar-refractivity contribution in [3.8, 4) is 9.88 Å². The number of rotatable bonds is 5. The van der Waals surface area contributed by atoms with E-state index < -0.39 is 10.0 Å². The molecule has 0 amide bonds. The van der Waals surface area contributed by atoms with E-state index >= 15 is 0 Å². The number of thiazole rings is 1. The van der Waals surface area contributed by atoms with Gasteiger partial charge in [-0.05, 0) is 67.3 Å². The molecule has 136 valence electrons. The molecule has 0 aliphatic heterocycles. The molecule has 0 saturated carbocycles. The van der Waals surface area contributed by atoms with E-state index in [4.69, 9.17) is 0 Å². The van der Waals surface area contributed by atoms with Gasteiger partial charge in [-0.1, -0.05) is 12.1 Å². The molecule has 0 spiro atoms. The number of nitrogens with zero attached hydrogens (tertiary/aromatic N) is 1. The van der Waals surface area contributed by atoms with Gasteiger partial charge in [-0.3, -0.25) is 0 Å². The first-order chi connectivity index (χ1) is 12.5. The normalized spacial score (nSPS) is 14.3. The number of aryl methyl sites for hydroxylation is 3. The number of nitrogens with one attached hydrogen (secondary N) is 1. The number of aromatic nitrogens is 1. The summed E-state index contributed by atoms with van der Waals surface area (Å²) in [6.07, 6.45) is 4.34. The number of hydrogen-bond acceptors (Lipinski definition) is 5. The highest BCUT2D eigenvalue weighted by Gasteiger charge is 2.19. The van der Waals surface area contributed by atoms with Gasteiger partial charge < -0.3 is 0 Å². The van der Waals surface area contributed by atoms with Crippen LogP contribution in [0.5, 0.6) is 0 Å². The monoisotopic (exact) mass is 404 g/mol. The number of hydrogen-bond donors (Lipinski definition) is 1. The van der Waals surface area contributed by atoms with Gasteiger partial charge in [0.05, 0.1) is 15.5 Å². The number of fused-ring (bicyclic) bond motifs is 1. The van der Waals surface area contributed by atoms with Gasteiger partial charge in [-0.2, -0.15) is 0 Å². The van der Waals surface area contributed by atoms with Crippen LogP contribution in [-0.2, 0) is 29.4 Å². The lowest BCUT2D eigenvalue weighted by molar-refractivity contribution is 0.581. The summed E-state index contributed by atoms with van der Waals surface area (Å²) in [5, 5.41) is 2.96. The Bertz CT molecular complexity index is 1020. The third-order valence-corrected chi connectivity index (χ3v) is 8.27. The average Bonchev–Trinajstić information content (AvgIpc) is 3.29. The molecule has 1 N–H and O–H groups in total. The quantitative estimate of drug-likeness (QED) is 0.679. The molecule has 0 atom stereocenters. The van der Waals surface area contributed by atoms with Gasteiger partial charge in [0, 0.05) is 11.4 Å². The molecule has 7 heteroatoms. The van der Waals surface area contributed by atoms with Crippen LogP contribution < -0.4 is 4.72 Å². The Labute approximate surface area is 162 Å². The van der Waals surface area contributed by atoms with Crippen molar-refractivity contribution in [1.82, 2.24) is 9.71 Å². The molecule has 0 bridgehead atoms. The van der Waals surface area contributed by atoms with Crippen molar-refractivity contribution in [3.63, 3.8) is 0 Å². The Morgan fingerprint density at radius 2 is 1.96 bits per heavy atom. The molecule has 26 heavy (non-hydrogen) atoms. The highest BCUT2D eigenvalue weighted by molar-refractivity contribution is 7.89. The summed E-state index contributed by atoms with van der Waals surface area (Å²) >= 11 is 3.19. The van der Waals surface area contributed by atoms with Crippen LogP contribution in [0.15, 0.2) is 40.6 Å². The second-order valence-corrected chi connectivity index (χ2v) is 10.3. The zero-order valence-corrected chi connectivity index (χ0v) is 16.9. The summed E-state index contributed by atoms with van der Waals surface area (Å²) in [7, 11) is -3.52. The Morgan fingerprint density at radius 1 is 1.15 bits per heavy atom. The van der Waals surface area contributed by atoms with E-state index in [1.54, 1.807) is 28.7 Å². The van der Waals surface area contributed by atoms with Crippen LogP contribution in [0.3, 0.4) is 0 Å². The van der Waals surface area contributed by atoms with Gasteiger partial charge in [-0.15, -0.1) is 22.7 Å². The Morgan fingerprint density at radius 3 is 2.73 bits per heavy atom. The average molecular weight is 405 g/mol. The zero-order chi connectivity index (χ0) is 18.1. The zero-order valence-electron chi connectivity index (χ0n) is 14.5. The van der Waals surface area contributed by atoms with E-state index in [0.29, 0.717) is 4.90 Å². The number of sulfonamides is 1. The second-order valence-electron chi connectivity index (χ2n) is 6.47. The van der Waals surface area contributed by atoms with Crippen molar-refractivity contribution in [2.45, 2.75) is 44.0 Å². The van der Waals surface area contributed by atoms with E-state index in [0.717, 1.165) is 39.7 Å². The first-order valence-corrected chi connectivity index (χ1v) is 11.8. The van der Waals surface area contributed by atoms with Crippen LogP contribution in [-0.4, -0.2) is 13.4 Å². The molecule has 1 aliphatic rings. The molecule has 2 heterocycles. The SMILES string of the molecule is Cc1nc(-c2cccs2)sc1CNS(=O)(=O)c1ccc2c(c1)CCCC2. The smallest absolute Gasteiger partial charge is 0.240 e. The molecule has 4 rings (SSSR count). The van der Waals surface area contributed by atoms with Crippen LogP contribution in [0, 0.1) is 6.92 Å². The minimum Gasteiger partial charge on any atom is -0.240 e. The summed E-state index contributed by atoms with van der Waals surface area (Å²) in [5.74, 6) is 0. The highest BCUT2D eigenvalue weighted by Crippen LogP contribution is 2.31.